The molecule has 0 saturated heterocycles. The fourth-order valence-electron chi connectivity index (χ4n) is 0.997. The second-order valence-electron chi connectivity index (χ2n) is 4.10. The van der Waals surface area contributed by atoms with Gasteiger partial charge in [0.1, 0.15) is 12.6 Å². The Morgan fingerprint density at radius 3 is 1.54 bits per heavy atom. The van der Waals surface area contributed by atoms with E-state index in [1.165, 1.54) is 0 Å². The van der Waals surface area contributed by atoms with Crippen molar-refractivity contribution in [2.45, 2.75) is 26.9 Å². The van der Waals surface area contributed by atoms with E-state index >= 15 is 0 Å². The molecule has 0 amide bonds. The fourth-order valence-corrected chi connectivity index (χ4v) is 0.997. The van der Waals surface area contributed by atoms with Crippen LogP contribution < -0.4 is 0 Å². The highest BCUT2D eigenvalue weighted by atomic mass is 16.5. The molecule has 0 aliphatic carbocycles. The number of rotatable bonds is 4. The van der Waals surface area contributed by atoms with Crippen LogP contribution in [0.3, 0.4) is 0 Å². The third-order valence-electron chi connectivity index (χ3n) is 1.22. The number of ether oxygens (including phenoxy) is 1. The predicted octanol–water partition coefficient (Wildman–Crippen LogP) is 1.12. The number of aliphatic hydroxyl groups is 1. The van der Waals surface area contributed by atoms with Crippen LogP contribution in [0.1, 0.15) is 20.8 Å². The van der Waals surface area contributed by atoms with Crippen LogP contribution in [0.2, 0.25) is 0 Å². The van der Waals surface area contributed by atoms with E-state index in [1.807, 2.05) is 20.8 Å². The van der Waals surface area contributed by atoms with Crippen LogP contribution in [0.5, 0.6) is 0 Å². The van der Waals surface area contributed by atoms with Gasteiger partial charge >= 0.3 is 0 Å². The van der Waals surface area contributed by atoms with Gasteiger partial charge in [-0.2, -0.15) is 0 Å². The molecule has 1 N–H and O–H groups in total. The van der Waals surface area contributed by atoms with Gasteiger partial charge in [0.15, 0.2) is 0 Å². The van der Waals surface area contributed by atoms with Crippen LogP contribution >= 0.6 is 0 Å². The molecule has 3 nitrogen and oxygen atoms in total. The largest absolute Gasteiger partial charge is 0.388 e. The molecule has 13 heavy (non-hydrogen) atoms. The minimum atomic E-state index is -0.185. The molecule has 0 bridgehead atoms. The molecule has 1 unspecified atom stereocenters. The molecule has 0 heterocycles. The summed E-state index contributed by atoms with van der Waals surface area (Å²) in [6.07, 6.45) is -0.185. The van der Waals surface area contributed by atoms with Crippen LogP contribution in [0.4, 0.5) is 0 Å². The highest BCUT2D eigenvalue weighted by Crippen LogP contribution is 1.92. The lowest BCUT2D eigenvalue weighted by molar-refractivity contribution is -0.873. The van der Waals surface area contributed by atoms with E-state index in [4.69, 9.17) is 9.84 Å². The topological polar surface area (TPSA) is 29.5 Å². The molecule has 82 valence electrons. The normalized spacial score (nSPS) is 13.2. The van der Waals surface area contributed by atoms with Gasteiger partial charge in [0.2, 0.25) is 0 Å². The molecule has 1 atom stereocenters. The van der Waals surface area contributed by atoms with Crippen LogP contribution in [0, 0.1) is 0 Å². The standard InChI is InChI=1S/C6H16NO.C4H10O/c1-6(8)5-7(2,3)4;1-3-5-4-2/h6,8H,5H2,1-4H3;3-4H2,1-2H3/q+1;. The molecule has 0 aromatic carbocycles. The van der Waals surface area contributed by atoms with Gasteiger partial charge in [0.05, 0.1) is 21.1 Å². The van der Waals surface area contributed by atoms with Gasteiger partial charge in [0.25, 0.3) is 0 Å². The van der Waals surface area contributed by atoms with Gasteiger partial charge in [-0.3, -0.25) is 0 Å². The van der Waals surface area contributed by atoms with Gasteiger partial charge in [-0.1, -0.05) is 0 Å². The monoisotopic (exact) mass is 192 g/mol. The van der Waals surface area contributed by atoms with Crippen molar-refractivity contribution in [3.8, 4) is 0 Å². The number of hydrogen-bond acceptors (Lipinski definition) is 2. The second-order valence-corrected chi connectivity index (χ2v) is 4.10. The molecule has 0 saturated carbocycles. The minimum Gasteiger partial charge on any atom is -0.388 e. The summed E-state index contributed by atoms with van der Waals surface area (Å²) in [6.45, 7) is 8.30. The molecule has 0 aliphatic rings. The quantitative estimate of drug-likeness (QED) is 0.676. The summed E-state index contributed by atoms with van der Waals surface area (Å²) in [4.78, 5) is 0. The van der Waals surface area contributed by atoms with Gasteiger partial charge in [0, 0.05) is 13.2 Å². The lowest BCUT2D eigenvalue weighted by Crippen LogP contribution is -2.40. The maximum absolute atomic E-state index is 8.87. The number of hydrogen-bond donors (Lipinski definition) is 1. The van der Waals surface area contributed by atoms with Crippen LogP contribution in [0.25, 0.3) is 0 Å². The summed E-state index contributed by atoms with van der Waals surface area (Å²) in [5, 5.41) is 8.87. The molecule has 0 aromatic rings. The number of quaternary nitrogens is 1. The number of aliphatic hydroxyl groups excluding tert-OH is 1. The lowest BCUT2D eigenvalue weighted by atomic mass is 10.3. The molecule has 0 aliphatic heterocycles. The van der Waals surface area contributed by atoms with Crippen molar-refractivity contribution in [3.05, 3.63) is 0 Å². The summed E-state index contributed by atoms with van der Waals surface area (Å²) >= 11 is 0. The zero-order valence-electron chi connectivity index (χ0n) is 10.0. The maximum atomic E-state index is 8.87. The maximum Gasteiger partial charge on any atom is 0.104 e. The van der Waals surface area contributed by atoms with Gasteiger partial charge < -0.3 is 14.3 Å². The second kappa shape index (κ2) is 8.48. The first kappa shape index (κ1) is 15.4. The van der Waals surface area contributed by atoms with E-state index < -0.39 is 0 Å². The Hall–Kier alpha value is -0.120. The van der Waals surface area contributed by atoms with Crippen LogP contribution in [0.15, 0.2) is 0 Å². The van der Waals surface area contributed by atoms with Crippen molar-refractivity contribution in [3.63, 3.8) is 0 Å². The van der Waals surface area contributed by atoms with Crippen LogP contribution in [-0.2, 0) is 4.74 Å². The Morgan fingerprint density at radius 1 is 1.15 bits per heavy atom. The van der Waals surface area contributed by atoms with E-state index in [0.29, 0.717) is 0 Å². The van der Waals surface area contributed by atoms with Crippen molar-refractivity contribution in [2.24, 2.45) is 0 Å². The van der Waals surface area contributed by atoms with Crippen LogP contribution in [-0.4, -0.2) is 56.6 Å². The molecular weight excluding hydrogens is 166 g/mol. The van der Waals surface area contributed by atoms with Crippen molar-refractivity contribution >= 4 is 0 Å². The van der Waals surface area contributed by atoms with E-state index in [9.17, 15) is 0 Å². The third kappa shape index (κ3) is 24.5. The Bertz CT molecular complexity index is 95.6. The van der Waals surface area contributed by atoms with Crippen molar-refractivity contribution in [2.75, 3.05) is 40.9 Å². The zero-order chi connectivity index (χ0) is 10.9. The SMILES string of the molecule is CC(O)C[N+](C)(C)C.CCOCC. The molecule has 0 rings (SSSR count). The summed E-state index contributed by atoms with van der Waals surface area (Å²) in [5.41, 5.74) is 0. The smallest absolute Gasteiger partial charge is 0.104 e. The Labute approximate surface area is 82.9 Å². The average Bonchev–Trinajstić information content (AvgIpc) is 1.84. The molecule has 0 fully saturated rings. The van der Waals surface area contributed by atoms with Crippen molar-refractivity contribution < 1.29 is 14.3 Å². The highest BCUT2D eigenvalue weighted by molar-refractivity contribution is 4.39. The van der Waals surface area contributed by atoms with E-state index in [-0.39, 0.29) is 6.10 Å². The van der Waals surface area contributed by atoms with Gasteiger partial charge in [-0.05, 0) is 20.8 Å². The first-order chi connectivity index (χ1) is 5.83. The fraction of sp³-hybridized carbons (Fsp3) is 1.00. The lowest BCUT2D eigenvalue weighted by Gasteiger charge is -2.24. The van der Waals surface area contributed by atoms with Crippen molar-refractivity contribution in [1.29, 1.82) is 0 Å². The molecular formula is C10H26NO2+. The minimum absolute atomic E-state index is 0.185. The first-order valence-electron chi connectivity index (χ1n) is 4.89. The summed E-state index contributed by atoms with van der Waals surface area (Å²) < 4.78 is 5.66. The summed E-state index contributed by atoms with van der Waals surface area (Å²) in [7, 11) is 6.19. The Balaban J connectivity index is 0. The third-order valence-corrected chi connectivity index (χ3v) is 1.22. The molecule has 3 heteroatoms. The van der Waals surface area contributed by atoms with E-state index in [0.717, 1.165) is 24.2 Å². The first-order valence-corrected chi connectivity index (χ1v) is 4.89. The van der Waals surface area contributed by atoms with Gasteiger partial charge in [-0.25, -0.2) is 0 Å². The highest BCUT2D eigenvalue weighted by Gasteiger charge is 2.09. The summed E-state index contributed by atoms with van der Waals surface area (Å²) in [6, 6.07) is 0. The van der Waals surface area contributed by atoms with Crippen molar-refractivity contribution in [1.82, 2.24) is 0 Å². The summed E-state index contributed by atoms with van der Waals surface area (Å²) in [5.74, 6) is 0. The van der Waals surface area contributed by atoms with E-state index in [1.54, 1.807) is 0 Å². The molecule has 0 spiro atoms. The Kier molecular flexibility index (Phi) is 10.0. The molecule has 0 radical (unpaired) electrons. The number of likely N-dealkylation sites (N-methyl/N-ethyl adjacent to an activating group) is 1. The zero-order valence-corrected chi connectivity index (χ0v) is 10.0. The Morgan fingerprint density at radius 2 is 1.54 bits per heavy atom. The predicted molar refractivity (Wildman–Crippen MR) is 56.7 cm³/mol. The van der Waals surface area contributed by atoms with E-state index in [2.05, 4.69) is 21.1 Å². The molecule has 0 aromatic heterocycles. The average molecular weight is 192 g/mol. The number of nitrogens with zero attached hydrogens (tertiary/aromatic N) is 1. The van der Waals surface area contributed by atoms with Gasteiger partial charge in [-0.15, -0.1) is 0 Å².